The number of amides is 1. The number of thiazole rings is 1. The number of rotatable bonds is 6. The van der Waals surface area contributed by atoms with E-state index in [1.807, 2.05) is 18.2 Å². The van der Waals surface area contributed by atoms with Crippen LogP contribution >= 0.6 is 11.3 Å². The number of methoxy groups -OCH3 is 2. The second-order valence-corrected chi connectivity index (χ2v) is 7.94. The van der Waals surface area contributed by atoms with Crippen molar-refractivity contribution in [2.24, 2.45) is 10.9 Å². The first-order valence-corrected chi connectivity index (χ1v) is 10.2. The number of ether oxygens (including phenoxy) is 2. The number of hydrogen-bond donors (Lipinski definition) is 0. The van der Waals surface area contributed by atoms with Crippen molar-refractivity contribution in [1.82, 2.24) is 4.57 Å². The summed E-state index contributed by atoms with van der Waals surface area (Å²) >= 11 is 1.38. The van der Waals surface area contributed by atoms with E-state index in [0.29, 0.717) is 17.1 Å². The molecule has 1 aromatic heterocycles. The maximum Gasteiger partial charge on any atom is 0.325 e. The number of carbonyl (C=O) groups is 2. The summed E-state index contributed by atoms with van der Waals surface area (Å²) in [4.78, 5) is 29.1. The van der Waals surface area contributed by atoms with E-state index in [1.54, 1.807) is 11.7 Å². The molecule has 0 radical (unpaired) electrons. The van der Waals surface area contributed by atoms with E-state index in [4.69, 9.17) is 9.47 Å². The maximum absolute atomic E-state index is 12.4. The Hall–Kier alpha value is -2.15. The molecule has 0 atom stereocenters. The molecule has 3 rings (SSSR count). The predicted molar refractivity (Wildman–Crippen MR) is 105 cm³/mol. The number of hydrogen-bond acceptors (Lipinski definition) is 5. The Balaban J connectivity index is 1.85. The molecule has 7 heteroatoms. The smallest absolute Gasteiger partial charge is 0.325 e. The van der Waals surface area contributed by atoms with Crippen molar-refractivity contribution in [3.8, 4) is 5.75 Å². The second-order valence-electron chi connectivity index (χ2n) is 6.93. The van der Waals surface area contributed by atoms with Crippen LogP contribution in [0.15, 0.2) is 23.2 Å². The molecule has 146 valence electrons. The molecule has 0 N–H and O–H groups in total. The van der Waals surface area contributed by atoms with Crippen molar-refractivity contribution in [2.75, 3.05) is 14.2 Å². The van der Waals surface area contributed by atoms with Crippen LogP contribution in [0.1, 0.15) is 44.9 Å². The lowest BCUT2D eigenvalue weighted by Gasteiger charge is -2.20. The van der Waals surface area contributed by atoms with Crippen molar-refractivity contribution < 1.29 is 19.1 Å². The van der Waals surface area contributed by atoms with E-state index in [9.17, 15) is 9.59 Å². The summed E-state index contributed by atoms with van der Waals surface area (Å²) in [5.41, 5.74) is 0.838. The lowest BCUT2D eigenvalue weighted by atomic mass is 9.86. The molecule has 1 aliphatic rings. The number of fused-ring (bicyclic) bond motifs is 1. The third-order valence-electron chi connectivity index (χ3n) is 5.12. The third kappa shape index (κ3) is 4.97. The van der Waals surface area contributed by atoms with Crippen LogP contribution in [0.3, 0.4) is 0 Å². The molecule has 1 amide bonds. The van der Waals surface area contributed by atoms with E-state index >= 15 is 0 Å². The number of nitrogens with zero attached hydrogens (tertiary/aromatic N) is 2. The Morgan fingerprint density at radius 3 is 2.70 bits per heavy atom. The second kappa shape index (κ2) is 9.17. The van der Waals surface area contributed by atoms with Gasteiger partial charge in [0.1, 0.15) is 12.3 Å². The minimum Gasteiger partial charge on any atom is -0.497 e. The summed E-state index contributed by atoms with van der Waals surface area (Å²) in [6, 6.07) is 5.59. The molecule has 1 fully saturated rings. The van der Waals surface area contributed by atoms with Crippen molar-refractivity contribution in [2.45, 2.75) is 51.5 Å². The first-order valence-electron chi connectivity index (χ1n) is 9.42. The van der Waals surface area contributed by atoms with Gasteiger partial charge in [-0.3, -0.25) is 9.59 Å². The largest absolute Gasteiger partial charge is 0.497 e. The average molecular weight is 391 g/mol. The van der Waals surface area contributed by atoms with Gasteiger partial charge in [-0.05, 0) is 30.5 Å². The zero-order valence-corrected chi connectivity index (χ0v) is 16.7. The first-order chi connectivity index (χ1) is 13.1. The van der Waals surface area contributed by atoms with Gasteiger partial charge >= 0.3 is 5.97 Å². The zero-order valence-electron chi connectivity index (χ0n) is 15.9. The molecule has 27 heavy (non-hydrogen) atoms. The van der Waals surface area contributed by atoms with Gasteiger partial charge in [-0.2, -0.15) is 4.99 Å². The number of esters is 1. The fraction of sp³-hybridized carbons (Fsp3) is 0.550. The van der Waals surface area contributed by atoms with E-state index < -0.39 is 0 Å². The molecule has 0 bridgehead atoms. The van der Waals surface area contributed by atoms with Crippen LogP contribution in [-0.2, 0) is 20.9 Å². The van der Waals surface area contributed by atoms with Gasteiger partial charge in [0.05, 0.1) is 24.4 Å². The van der Waals surface area contributed by atoms with Crippen molar-refractivity contribution in [3.05, 3.63) is 23.0 Å². The van der Waals surface area contributed by atoms with Crippen LogP contribution in [0.2, 0.25) is 0 Å². The molecule has 1 aromatic carbocycles. The third-order valence-corrected chi connectivity index (χ3v) is 6.16. The Kier molecular flexibility index (Phi) is 6.66. The first kappa shape index (κ1) is 19.6. The van der Waals surface area contributed by atoms with E-state index in [2.05, 4.69) is 4.99 Å². The highest BCUT2D eigenvalue weighted by Crippen LogP contribution is 2.27. The molecular formula is C20H26N2O4S. The Morgan fingerprint density at radius 2 is 2.00 bits per heavy atom. The van der Waals surface area contributed by atoms with Crippen LogP contribution < -0.4 is 9.54 Å². The number of carbonyl (C=O) groups excluding carboxylic acids is 2. The highest BCUT2D eigenvalue weighted by atomic mass is 32.1. The summed E-state index contributed by atoms with van der Waals surface area (Å²) in [5.74, 6) is 0.871. The van der Waals surface area contributed by atoms with Gasteiger partial charge in [-0.15, -0.1) is 0 Å². The molecule has 1 aliphatic carbocycles. The lowest BCUT2D eigenvalue weighted by Crippen LogP contribution is -2.22. The predicted octanol–water partition coefficient (Wildman–Crippen LogP) is 3.67. The minimum absolute atomic E-state index is 0.0254. The quantitative estimate of drug-likeness (QED) is 0.706. The van der Waals surface area contributed by atoms with Gasteiger partial charge in [0.15, 0.2) is 4.80 Å². The SMILES string of the molecule is COC(=O)Cn1c(=NC(=O)CCC2CCCCC2)sc2cc(OC)ccc21. The molecule has 1 saturated carbocycles. The van der Waals surface area contributed by atoms with Crippen molar-refractivity contribution in [3.63, 3.8) is 0 Å². The molecule has 6 nitrogen and oxygen atoms in total. The molecule has 1 heterocycles. The summed E-state index contributed by atoms with van der Waals surface area (Å²) < 4.78 is 12.7. The Labute approximate surface area is 162 Å². The van der Waals surface area contributed by atoms with Crippen LogP contribution in [0.4, 0.5) is 0 Å². The molecule has 0 saturated heterocycles. The fourth-order valence-corrected chi connectivity index (χ4v) is 4.65. The van der Waals surface area contributed by atoms with Gasteiger partial charge in [-0.25, -0.2) is 0 Å². The van der Waals surface area contributed by atoms with Gasteiger partial charge in [0.2, 0.25) is 5.91 Å². The molecule has 0 aliphatic heterocycles. The van der Waals surface area contributed by atoms with E-state index in [-0.39, 0.29) is 18.4 Å². The molecular weight excluding hydrogens is 364 g/mol. The van der Waals surface area contributed by atoms with Gasteiger partial charge < -0.3 is 14.0 Å². The van der Waals surface area contributed by atoms with Crippen LogP contribution in [0.5, 0.6) is 5.75 Å². The lowest BCUT2D eigenvalue weighted by molar-refractivity contribution is -0.141. The summed E-state index contributed by atoms with van der Waals surface area (Å²) in [5, 5.41) is 0. The standard InChI is InChI=1S/C20H26N2O4S/c1-25-15-9-10-16-17(12-15)27-20(22(16)13-19(24)26-2)21-18(23)11-8-14-6-4-3-5-7-14/h9-10,12,14H,3-8,11,13H2,1-2H3. The monoisotopic (exact) mass is 390 g/mol. The topological polar surface area (TPSA) is 69.9 Å². The van der Waals surface area contributed by atoms with Gasteiger partial charge in [0.25, 0.3) is 0 Å². The fourth-order valence-electron chi connectivity index (χ4n) is 3.58. The van der Waals surface area contributed by atoms with Gasteiger partial charge in [-0.1, -0.05) is 43.4 Å². The van der Waals surface area contributed by atoms with Crippen LogP contribution in [0.25, 0.3) is 10.2 Å². The van der Waals surface area contributed by atoms with Crippen LogP contribution in [0, 0.1) is 5.92 Å². The molecule has 2 aromatic rings. The van der Waals surface area contributed by atoms with E-state index in [0.717, 1.165) is 22.4 Å². The van der Waals surface area contributed by atoms with Crippen LogP contribution in [-0.4, -0.2) is 30.7 Å². The summed E-state index contributed by atoms with van der Waals surface area (Å²) in [6.07, 6.45) is 7.66. The minimum atomic E-state index is -0.373. The zero-order chi connectivity index (χ0) is 19.2. The van der Waals surface area contributed by atoms with Gasteiger partial charge in [0, 0.05) is 6.42 Å². The summed E-state index contributed by atoms with van der Waals surface area (Å²) in [6.45, 7) is 0.0254. The van der Waals surface area contributed by atoms with E-state index in [1.165, 1.54) is 50.6 Å². The van der Waals surface area contributed by atoms with Crippen molar-refractivity contribution in [1.29, 1.82) is 0 Å². The average Bonchev–Trinajstić information content (AvgIpc) is 3.03. The highest BCUT2D eigenvalue weighted by molar-refractivity contribution is 7.16. The highest BCUT2D eigenvalue weighted by Gasteiger charge is 2.16. The van der Waals surface area contributed by atoms with Crippen molar-refractivity contribution >= 4 is 33.4 Å². The normalized spacial score (nSPS) is 15.9. The molecule has 0 unspecified atom stereocenters. The maximum atomic E-state index is 12.4. The number of benzene rings is 1. The summed E-state index contributed by atoms with van der Waals surface area (Å²) in [7, 11) is 2.96. The Morgan fingerprint density at radius 1 is 1.22 bits per heavy atom. The number of aromatic nitrogens is 1. The Bertz CT molecular complexity index is 878. The molecule has 0 spiro atoms.